The Kier molecular flexibility index (Phi) is 4.20. The van der Waals surface area contributed by atoms with Crippen LogP contribution >= 0.6 is 23.2 Å². The number of aliphatic hydroxyl groups is 2. The van der Waals surface area contributed by atoms with Gasteiger partial charge in [-0.25, -0.2) is 0 Å². The van der Waals surface area contributed by atoms with Gasteiger partial charge < -0.3 is 10.2 Å². The minimum absolute atomic E-state index is 0.184. The molecule has 0 amide bonds. The van der Waals surface area contributed by atoms with E-state index in [9.17, 15) is 5.11 Å². The molecule has 4 heteroatoms. The zero-order valence-corrected chi connectivity index (χ0v) is 9.26. The lowest BCUT2D eigenvalue weighted by Gasteiger charge is -2.17. The van der Waals surface area contributed by atoms with Crippen molar-refractivity contribution in [1.29, 1.82) is 0 Å². The summed E-state index contributed by atoms with van der Waals surface area (Å²) in [7, 11) is 0. The summed E-state index contributed by atoms with van der Waals surface area (Å²) in [6, 6.07) is 5.10. The van der Waals surface area contributed by atoms with Crippen LogP contribution in [0, 0.1) is 0 Å². The maximum atomic E-state index is 9.43. The molecule has 0 fully saturated rings. The van der Waals surface area contributed by atoms with Gasteiger partial charge in [0.1, 0.15) is 0 Å². The van der Waals surface area contributed by atoms with Gasteiger partial charge in [0.05, 0.1) is 12.7 Å². The Morgan fingerprint density at radius 2 is 1.71 bits per heavy atom. The summed E-state index contributed by atoms with van der Waals surface area (Å²) in [6.45, 7) is 1.54. The van der Waals surface area contributed by atoms with Gasteiger partial charge in [0, 0.05) is 16.0 Å². The average Bonchev–Trinajstić information content (AvgIpc) is 2.14. The summed E-state index contributed by atoms with van der Waals surface area (Å²) in [6.07, 6.45) is -0.787. The molecular formula is C10H12Cl2O2. The van der Waals surface area contributed by atoms with Gasteiger partial charge >= 0.3 is 0 Å². The van der Waals surface area contributed by atoms with Crippen molar-refractivity contribution < 1.29 is 10.2 Å². The van der Waals surface area contributed by atoms with Gasteiger partial charge in [0.2, 0.25) is 0 Å². The Bertz CT molecular complexity index is 295. The van der Waals surface area contributed by atoms with Crippen molar-refractivity contribution >= 4 is 23.2 Å². The monoisotopic (exact) mass is 234 g/mol. The van der Waals surface area contributed by atoms with Gasteiger partial charge in [-0.15, -0.1) is 0 Å². The number of hydrogen-bond acceptors (Lipinski definition) is 2. The van der Waals surface area contributed by atoms with E-state index in [4.69, 9.17) is 28.3 Å². The highest BCUT2D eigenvalue weighted by Gasteiger charge is 2.15. The molecule has 2 atom stereocenters. The number of rotatable bonds is 3. The van der Waals surface area contributed by atoms with Crippen LogP contribution in [0.1, 0.15) is 18.4 Å². The second-order valence-corrected chi connectivity index (χ2v) is 4.11. The number of hydrogen-bond donors (Lipinski definition) is 2. The van der Waals surface area contributed by atoms with Crippen molar-refractivity contribution in [3.05, 3.63) is 33.8 Å². The van der Waals surface area contributed by atoms with Crippen molar-refractivity contribution in [2.24, 2.45) is 0 Å². The van der Waals surface area contributed by atoms with E-state index in [1.807, 2.05) is 6.92 Å². The van der Waals surface area contributed by atoms with E-state index in [1.165, 1.54) is 0 Å². The fourth-order valence-corrected chi connectivity index (χ4v) is 1.76. The predicted octanol–water partition coefficient (Wildman–Crippen LogP) is 2.45. The van der Waals surface area contributed by atoms with Crippen LogP contribution < -0.4 is 0 Å². The summed E-state index contributed by atoms with van der Waals surface area (Å²) in [5, 5.41) is 19.3. The van der Waals surface area contributed by atoms with Crippen LogP contribution in [0.5, 0.6) is 0 Å². The van der Waals surface area contributed by atoms with Crippen molar-refractivity contribution in [2.75, 3.05) is 6.61 Å². The lowest BCUT2D eigenvalue weighted by molar-refractivity contribution is 0.0772. The molecule has 0 aromatic heterocycles. The molecule has 1 rings (SSSR count). The summed E-state index contributed by atoms with van der Waals surface area (Å²) in [5.74, 6) is -0.184. The first-order valence-corrected chi connectivity index (χ1v) is 5.05. The zero-order chi connectivity index (χ0) is 10.7. The molecule has 1 aromatic carbocycles. The van der Waals surface area contributed by atoms with Gasteiger partial charge in [-0.1, -0.05) is 30.1 Å². The minimum Gasteiger partial charge on any atom is -0.394 e. The second kappa shape index (κ2) is 4.99. The lowest BCUT2D eigenvalue weighted by atomic mass is 9.96. The van der Waals surface area contributed by atoms with Crippen LogP contribution in [0.3, 0.4) is 0 Å². The van der Waals surface area contributed by atoms with E-state index >= 15 is 0 Å². The molecule has 2 N–H and O–H groups in total. The first kappa shape index (κ1) is 11.8. The molecule has 0 heterocycles. The SMILES string of the molecule is CC(c1cc(Cl)cc(Cl)c1)C(O)CO. The van der Waals surface area contributed by atoms with Gasteiger partial charge in [-0.3, -0.25) is 0 Å². The van der Waals surface area contributed by atoms with Gasteiger partial charge in [-0.2, -0.15) is 0 Å². The van der Waals surface area contributed by atoms with Crippen molar-refractivity contribution in [2.45, 2.75) is 18.9 Å². The molecule has 0 bridgehead atoms. The Morgan fingerprint density at radius 3 is 2.14 bits per heavy atom. The van der Waals surface area contributed by atoms with Crippen LogP contribution in [-0.4, -0.2) is 22.9 Å². The third-order valence-corrected chi connectivity index (χ3v) is 2.61. The molecule has 0 radical (unpaired) electrons. The largest absolute Gasteiger partial charge is 0.394 e. The molecule has 2 nitrogen and oxygen atoms in total. The second-order valence-electron chi connectivity index (χ2n) is 3.24. The third kappa shape index (κ3) is 2.85. The van der Waals surface area contributed by atoms with E-state index in [0.717, 1.165) is 5.56 Å². The number of halogens is 2. The molecular weight excluding hydrogens is 223 g/mol. The van der Waals surface area contributed by atoms with Gasteiger partial charge in [-0.05, 0) is 23.8 Å². The highest BCUT2D eigenvalue weighted by atomic mass is 35.5. The number of benzene rings is 1. The summed E-state index contributed by atoms with van der Waals surface area (Å²) < 4.78 is 0. The predicted molar refractivity (Wildman–Crippen MR) is 58.0 cm³/mol. The average molecular weight is 235 g/mol. The van der Waals surface area contributed by atoms with E-state index in [2.05, 4.69) is 0 Å². The van der Waals surface area contributed by atoms with Crippen molar-refractivity contribution in [3.8, 4) is 0 Å². The topological polar surface area (TPSA) is 40.5 Å². The Morgan fingerprint density at radius 1 is 1.21 bits per heavy atom. The Hall–Kier alpha value is -0.280. The van der Waals surface area contributed by atoms with Gasteiger partial charge in [0.15, 0.2) is 0 Å². The molecule has 78 valence electrons. The van der Waals surface area contributed by atoms with Crippen LogP contribution in [0.15, 0.2) is 18.2 Å². The highest BCUT2D eigenvalue weighted by molar-refractivity contribution is 6.34. The van der Waals surface area contributed by atoms with E-state index in [-0.39, 0.29) is 12.5 Å². The maximum Gasteiger partial charge on any atom is 0.0836 e. The molecule has 1 aromatic rings. The highest BCUT2D eigenvalue weighted by Crippen LogP contribution is 2.26. The normalized spacial score (nSPS) is 15.2. The molecule has 14 heavy (non-hydrogen) atoms. The quantitative estimate of drug-likeness (QED) is 0.844. The Labute approximate surface area is 93.1 Å². The molecule has 0 aliphatic carbocycles. The van der Waals surface area contributed by atoms with Crippen molar-refractivity contribution in [3.63, 3.8) is 0 Å². The molecule has 0 saturated heterocycles. The van der Waals surface area contributed by atoms with Crippen LogP contribution in [0.25, 0.3) is 0 Å². The molecule has 2 unspecified atom stereocenters. The lowest BCUT2D eigenvalue weighted by Crippen LogP contribution is -2.19. The Balaban J connectivity index is 2.94. The first-order chi connectivity index (χ1) is 6.54. The maximum absolute atomic E-state index is 9.43. The minimum atomic E-state index is -0.787. The number of aliphatic hydroxyl groups excluding tert-OH is 2. The standard InChI is InChI=1S/C10H12Cl2O2/c1-6(10(14)5-13)7-2-8(11)4-9(12)3-7/h2-4,6,10,13-14H,5H2,1H3. The summed E-state index contributed by atoms with van der Waals surface area (Å²) in [4.78, 5) is 0. The summed E-state index contributed by atoms with van der Waals surface area (Å²) >= 11 is 11.6. The smallest absolute Gasteiger partial charge is 0.0836 e. The van der Waals surface area contributed by atoms with Gasteiger partial charge in [0.25, 0.3) is 0 Å². The molecule has 0 saturated carbocycles. The van der Waals surface area contributed by atoms with E-state index in [1.54, 1.807) is 18.2 Å². The van der Waals surface area contributed by atoms with Crippen LogP contribution in [0.4, 0.5) is 0 Å². The fraction of sp³-hybridized carbons (Fsp3) is 0.400. The fourth-order valence-electron chi connectivity index (χ4n) is 1.22. The summed E-state index contributed by atoms with van der Waals surface area (Å²) in [5.41, 5.74) is 0.823. The van der Waals surface area contributed by atoms with Crippen LogP contribution in [-0.2, 0) is 0 Å². The first-order valence-electron chi connectivity index (χ1n) is 4.29. The zero-order valence-electron chi connectivity index (χ0n) is 7.74. The van der Waals surface area contributed by atoms with E-state index in [0.29, 0.717) is 10.0 Å². The van der Waals surface area contributed by atoms with Crippen LogP contribution in [0.2, 0.25) is 10.0 Å². The molecule has 0 aliphatic rings. The third-order valence-electron chi connectivity index (χ3n) is 2.17. The van der Waals surface area contributed by atoms with E-state index < -0.39 is 6.10 Å². The van der Waals surface area contributed by atoms with Crippen molar-refractivity contribution in [1.82, 2.24) is 0 Å². The molecule has 0 aliphatic heterocycles. The molecule has 0 spiro atoms.